The Hall–Kier alpha value is -3.84. The summed E-state index contributed by atoms with van der Waals surface area (Å²) < 4.78 is 0. The highest BCUT2D eigenvalue weighted by Crippen LogP contribution is 2.38. The molecule has 0 saturated heterocycles. The zero-order chi connectivity index (χ0) is 24.0. The van der Waals surface area contributed by atoms with Gasteiger partial charge in [0.15, 0.2) is 0 Å². The largest absolute Gasteiger partial charge is 0.314 e. The summed E-state index contributed by atoms with van der Waals surface area (Å²) in [5.41, 5.74) is 12.0. The monoisotopic (exact) mass is 455 g/mol. The van der Waals surface area contributed by atoms with Gasteiger partial charge in [-0.2, -0.15) is 0 Å². The second kappa shape index (κ2) is 10.6. The van der Waals surface area contributed by atoms with Crippen LogP contribution in [0.3, 0.4) is 0 Å². The van der Waals surface area contributed by atoms with Crippen LogP contribution in [0.2, 0.25) is 0 Å². The number of benzene rings is 4. The number of hydrogen-bond acceptors (Lipinski definition) is 1. The SMILES string of the molecule is CCc1ccccc1-c1ccc(N(C2=CC=C(c3ccccc3)CC2)c2ccccc2)cc1CC. The molecule has 0 aliphatic heterocycles. The van der Waals surface area contributed by atoms with Crippen LogP contribution in [0.25, 0.3) is 16.7 Å². The lowest BCUT2D eigenvalue weighted by Gasteiger charge is -2.30. The quantitative estimate of drug-likeness (QED) is 0.268. The molecule has 1 aliphatic carbocycles. The average Bonchev–Trinajstić information content (AvgIpc) is 2.94. The number of allylic oxidation sites excluding steroid dienone is 4. The van der Waals surface area contributed by atoms with Gasteiger partial charge in [0.25, 0.3) is 0 Å². The standard InChI is InChI=1S/C34H33N/c1-3-26-13-11-12-18-33(26)34-24-23-32(25-27(34)4-2)35(30-16-9-6-10-17-30)31-21-19-29(20-22-31)28-14-7-5-8-15-28/h5-19,21,23-25H,3-4,20,22H2,1-2H3. The Morgan fingerprint density at radius 2 is 1.23 bits per heavy atom. The predicted octanol–water partition coefficient (Wildman–Crippen LogP) is 9.38. The van der Waals surface area contributed by atoms with Crippen LogP contribution < -0.4 is 4.90 Å². The Morgan fingerprint density at radius 1 is 0.571 bits per heavy atom. The molecule has 0 unspecified atom stereocenters. The summed E-state index contributed by atoms with van der Waals surface area (Å²) in [6, 6.07) is 37.3. The third kappa shape index (κ3) is 4.86. The minimum Gasteiger partial charge on any atom is -0.314 e. The van der Waals surface area contributed by atoms with Gasteiger partial charge < -0.3 is 4.90 Å². The molecule has 4 aromatic carbocycles. The predicted molar refractivity (Wildman–Crippen MR) is 151 cm³/mol. The molecule has 174 valence electrons. The van der Waals surface area contributed by atoms with Crippen molar-refractivity contribution in [3.63, 3.8) is 0 Å². The van der Waals surface area contributed by atoms with Crippen molar-refractivity contribution in [2.45, 2.75) is 39.5 Å². The fourth-order valence-corrected chi connectivity index (χ4v) is 5.13. The first-order valence-electron chi connectivity index (χ1n) is 12.8. The summed E-state index contributed by atoms with van der Waals surface area (Å²) in [6.45, 7) is 4.50. The molecule has 0 aromatic heterocycles. The molecule has 1 nitrogen and oxygen atoms in total. The number of anilines is 2. The number of nitrogens with zero attached hydrogens (tertiary/aromatic N) is 1. The highest BCUT2D eigenvalue weighted by atomic mass is 15.1. The molecule has 0 fully saturated rings. The molecule has 0 saturated carbocycles. The van der Waals surface area contributed by atoms with Crippen LogP contribution >= 0.6 is 0 Å². The lowest BCUT2D eigenvalue weighted by molar-refractivity contribution is 0.929. The van der Waals surface area contributed by atoms with Crippen LogP contribution in [0, 0.1) is 0 Å². The van der Waals surface area contributed by atoms with Gasteiger partial charge in [-0.05, 0) is 89.4 Å². The third-order valence-electron chi connectivity index (χ3n) is 6.99. The first kappa shape index (κ1) is 22.9. The maximum absolute atomic E-state index is 2.44. The van der Waals surface area contributed by atoms with Crippen LogP contribution in [-0.4, -0.2) is 0 Å². The van der Waals surface area contributed by atoms with E-state index < -0.39 is 0 Å². The van der Waals surface area contributed by atoms with Gasteiger partial charge in [-0.1, -0.05) is 98.8 Å². The first-order valence-corrected chi connectivity index (χ1v) is 12.8. The Morgan fingerprint density at radius 3 is 1.91 bits per heavy atom. The van der Waals surface area contributed by atoms with Gasteiger partial charge in [0.2, 0.25) is 0 Å². The average molecular weight is 456 g/mol. The van der Waals surface area contributed by atoms with E-state index in [9.17, 15) is 0 Å². The first-order chi connectivity index (χ1) is 17.3. The van der Waals surface area contributed by atoms with E-state index in [0.29, 0.717) is 0 Å². The Bertz CT molecular complexity index is 1350. The van der Waals surface area contributed by atoms with Crippen LogP contribution in [0.15, 0.2) is 121 Å². The van der Waals surface area contributed by atoms with E-state index in [0.717, 1.165) is 25.7 Å². The van der Waals surface area contributed by atoms with Crippen molar-refractivity contribution in [3.05, 3.63) is 138 Å². The van der Waals surface area contributed by atoms with Crippen LogP contribution in [-0.2, 0) is 12.8 Å². The van der Waals surface area contributed by atoms with Gasteiger partial charge in [-0.25, -0.2) is 0 Å². The topological polar surface area (TPSA) is 3.24 Å². The molecule has 0 atom stereocenters. The molecule has 35 heavy (non-hydrogen) atoms. The summed E-state index contributed by atoms with van der Waals surface area (Å²) in [7, 11) is 0. The molecule has 4 aromatic rings. The molecular weight excluding hydrogens is 422 g/mol. The smallest absolute Gasteiger partial charge is 0.0461 e. The summed E-state index contributed by atoms with van der Waals surface area (Å²) in [4.78, 5) is 2.44. The van der Waals surface area contributed by atoms with Crippen molar-refractivity contribution in [1.29, 1.82) is 0 Å². The van der Waals surface area contributed by atoms with Crippen molar-refractivity contribution >= 4 is 16.9 Å². The third-order valence-corrected chi connectivity index (χ3v) is 6.99. The molecule has 1 aliphatic rings. The van der Waals surface area contributed by atoms with Gasteiger partial charge in [0, 0.05) is 17.1 Å². The molecular formula is C34H33N. The minimum atomic E-state index is 1.00. The van der Waals surface area contributed by atoms with Gasteiger partial charge in [0.05, 0.1) is 0 Å². The molecule has 0 bridgehead atoms. The maximum atomic E-state index is 2.44. The zero-order valence-corrected chi connectivity index (χ0v) is 20.7. The van der Waals surface area contributed by atoms with E-state index in [1.165, 1.54) is 50.5 Å². The summed E-state index contributed by atoms with van der Waals surface area (Å²) in [5.74, 6) is 0. The van der Waals surface area contributed by atoms with E-state index in [1.807, 2.05) is 0 Å². The molecule has 0 spiro atoms. The number of hydrogen-bond donors (Lipinski definition) is 0. The minimum absolute atomic E-state index is 1.00. The lowest BCUT2D eigenvalue weighted by Crippen LogP contribution is -2.18. The van der Waals surface area contributed by atoms with E-state index in [-0.39, 0.29) is 0 Å². The molecule has 1 heteroatoms. The van der Waals surface area contributed by atoms with E-state index in [1.54, 1.807) is 0 Å². The molecule has 0 radical (unpaired) electrons. The fourth-order valence-electron chi connectivity index (χ4n) is 5.13. The van der Waals surface area contributed by atoms with E-state index in [4.69, 9.17) is 0 Å². The summed E-state index contributed by atoms with van der Waals surface area (Å²) >= 11 is 0. The molecule has 0 N–H and O–H groups in total. The van der Waals surface area contributed by atoms with Gasteiger partial charge in [0.1, 0.15) is 0 Å². The molecule has 0 heterocycles. The van der Waals surface area contributed by atoms with Gasteiger partial charge in [-0.3, -0.25) is 0 Å². The van der Waals surface area contributed by atoms with Crippen molar-refractivity contribution in [2.75, 3.05) is 4.90 Å². The van der Waals surface area contributed by atoms with Gasteiger partial charge in [-0.15, -0.1) is 0 Å². The zero-order valence-electron chi connectivity index (χ0n) is 20.7. The number of rotatable bonds is 7. The maximum Gasteiger partial charge on any atom is 0.0461 e. The van der Waals surface area contributed by atoms with E-state index >= 15 is 0 Å². The fraction of sp³-hybridized carbons (Fsp3) is 0.176. The van der Waals surface area contributed by atoms with Crippen molar-refractivity contribution in [3.8, 4) is 11.1 Å². The van der Waals surface area contributed by atoms with Gasteiger partial charge >= 0.3 is 0 Å². The van der Waals surface area contributed by atoms with Crippen LogP contribution in [0.4, 0.5) is 11.4 Å². The van der Waals surface area contributed by atoms with Crippen molar-refractivity contribution in [1.82, 2.24) is 0 Å². The van der Waals surface area contributed by atoms with E-state index in [2.05, 4.69) is 134 Å². The number of aryl methyl sites for hydroxylation is 2. The summed E-state index contributed by atoms with van der Waals surface area (Å²) in [6.07, 6.45) is 8.71. The lowest BCUT2D eigenvalue weighted by atomic mass is 9.92. The Labute approximate surface area is 210 Å². The second-order valence-electron chi connectivity index (χ2n) is 9.09. The second-order valence-corrected chi connectivity index (χ2v) is 9.09. The Kier molecular flexibility index (Phi) is 6.95. The normalized spacial score (nSPS) is 13.2. The van der Waals surface area contributed by atoms with Crippen LogP contribution in [0.5, 0.6) is 0 Å². The van der Waals surface area contributed by atoms with Crippen molar-refractivity contribution in [2.24, 2.45) is 0 Å². The summed E-state index contributed by atoms with van der Waals surface area (Å²) in [5, 5.41) is 0. The van der Waals surface area contributed by atoms with Crippen molar-refractivity contribution < 1.29 is 0 Å². The highest BCUT2D eigenvalue weighted by Gasteiger charge is 2.19. The Balaban J connectivity index is 1.57. The molecule has 0 amide bonds. The number of para-hydroxylation sites is 1. The highest BCUT2D eigenvalue weighted by molar-refractivity contribution is 5.78. The molecule has 5 rings (SSSR count). The van der Waals surface area contributed by atoms with Crippen LogP contribution in [0.1, 0.15) is 43.4 Å².